The van der Waals surface area contributed by atoms with Gasteiger partial charge in [-0.15, -0.1) is 0 Å². The van der Waals surface area contributed by atoms with Crippen molar-refractivity contribution in [2.24, 2.45) is 5.92 Å². The standard InChI is InChI=1S/C16H19N5O4/c1-17-13-2-4-18-16(19-13)21-6-5-20(8-12(9-21)15(23)24)14(22)11-3-7-25-10-11/h2-4,7,10,12H,5-6,8-9H2,1H3,(H,23,24)(H,17,18,19). The maximum atomic E-state index is 12.5. The zero-order valence-electron chi connectivity index (χ0n) is 13.8. The highest BCUT2D eigenvalue weighted by Crippen LogP contribution is 2.18. The molecule has 9 nitrogen and oxygen atoms in total. The van der Waals surface area contributed by atoms with Gasteiger partial charge in [0.2, 0.25) is 5.95 Å². The Hall–Kier alpha value is -3.10. The van der Waals surface area contributed by atoms with E-state index in [1.165, 1.54) is 17.4 Å². The average molecular weight is 345 g/mol. The second-order valence-electron chi connectivity index (χ2n) is 5.74. The first-order chi connectivity index (χ1) is 12.1. The minimum absolute atomic E-state index is 0.127. The van der Waals surface area contributed by atoms with Crippen LogP contribution in [-0.4, -0.2) is 65.1 Å². The van der Waals surface area contributed by atoms with E-state index in [-0.39, 0.29) is 19.0 Å². The van der Waals surface area contributed by atoms with E-state index in [2.05, 4.69) is 15.3 Å². The predicted molar refractivity (Wildman–Crippen MR) is 89.5 cm³/mol. The summed E-state index contributed by atoms with van der Waals surface area (Å²) in [6.07, 6.45) is 4.40. The number of amides is 1. The average Bonchev–Trinajstić information content (AvgIpc) is 3.06. The number of carboxylic acids is 1. The van der Waals surface area contributed by atoms with Crippen LogP contribution in [0.4, 0.5) is 11.8 Å². The van der Waals surface area contributed by atoms with Crippen LogP contribution in [0.3, 0.4) is 0 Å². The van der Waals surface area contributed by atoms with Gasteiger partial charge in [0.25, 0.3) is 5.91 Å². The van der Waals surface area contributed by atoms with Crippen molar-refractivity contribution in [1.29, 1.82) is 0 Å². The van der Waals surface area contributed by atoms with E-state index in [0.29, 0.717) is 30.4 Å². The van der Waals surface area contributed by atoms with Crippen molar-refractivity contribution >= 4 is 23.6 Å². The fourth-order valence-electron chi connectivity index (χ4n) is 2.74. The summed E-state index contributed by atoms with van der Waals surface area (Å²) in [5.74, 6) is -0.850. The SMILES string of the molecule is CNc1ccnc(N2CCN(C(=O)c3ccoc3)CC(C(=O)O)C2)n1. The van der Waals surface area contributed by atoms with Gasteiger partial charge in [-0.05, 0) is 12.1 Å². The molecule has 1 aliphatic rings. The van der Waals surface area contributed by atoms with Crippen molar-refractivity contribution in [3.63, 3.8) is 0 Å². The highest BCUT2D eigenvalue weighted by Gasteiger charge is 2.31. The minimum Gasteiger partial charge on any atom is -0.481 e. The number of nitrogens with zero attached hydrogens (tertiary/aromatic N) is 4. The Morgan fingerprint density at radius 2 is 2.16 bits per heavy atom. The smallest absolute Gasteiger partial charge is 0.310 e. The van der Waals surface area contributed by atoms with Crippen LogP contribution in [0.15, 0.2) is 35.3 Å². The second kappa shape index (κ2) is 7.20. The van der Waals surface area contributed by atoms with E-state index in [4.69, 9.17) is 4.42 Å². The van der Waals surface area contributed by atoms with Gasteiger partial charge in [0.05, 0.1) is 17.7 Å². The number of carbonyl (C=O) groups is 2. The fraction of sp³-hybridized carbons (Fsp3) is 0.375. The molecule has 1 atom stereocenters. The molecule has 132 valence electrons. The van der Waals surface area contributed by atoms with Crippen LogP contribution in [0, 0.1) is 5.92 Å². The molecule has 25 heavy (non-hydrogen) atoms. The Balaban J connectivity index is 1.82. The van der Waals surface area contributed by atoms with Crippen LogP contribution in [0.5, 0.6) is 0 Å². The lowest BCUT2D eigenvalue weighted by Crippen LogP contribution is -2.38. The Morgan fingerprint density at radius 3 is 2.84 bits per heavy atom. The molecular weight excluding hydrogens is 326 g/mol. The summed E-state index contributed by atoms with van der Waals surface area (Å²) in [5.41, 5.74) is 0.408. The molecule has 0 spiro atoms. The maximum Gasteiger partial charge on any atom is 0.310 e. The Bertz CT molecular complexity index is 749. The molecule has 0 radical (unpaired) electrons. The number of aromatic nitrogens is 2. The molecule has 3 rings (SSSR count). The van der Waals surface area contributed by atoms with Gasteiger partial charge in [-0.1, -0.05) is 0 Å². The maximum absolute atomic E-state index is 12.5. The van der Waals surface area contributed by atoms with Crippen molar-refractivity contribution in [1.82, 2.24) is 14.9 Å². The first kappa shape index (κ1) is 16.7. The number of carbonyl (C=O) groups excluding carboxylic acids is 1. The van der Waals surface area contributed by atoms with Crippen molar-refractivity contribution < 1.29 is 19.1 Å². The molecule has 2 aromatic heterocycles. The van der Waals surface area contributed by atoms with Gasteiger partial charge >= 0.3 is 5.97 Å². The van der Waals surface area contributed by atoms with Crippen molar-refractivity contribution in [3.8, 4) is 0 Å². The third kappa shape index (κ3) is 3.70. The van der Waals surface area contributed by atoms with Crippen LogP contribution in [-0.2, 0) is 4.79 Å². The van der Waals surface area contributed by atoms with Gasteiger partial charge in [-0.25, -0.2) is 4.98 Å². The van der Waals surface area contributed by atoms with Gasteiger partial charge in [-0.3, -0.25) is 9.59 Å². The fourth-order valence-corrected chi connectivity index (χ4v) is 2.74. The van der Waals surface area contributed by atoms with Crippen LogP contribution >= 0.6 is 0 Å². The van der Waals surface area contributed by atoms with E-state index in [1.54, 1.807) is 30.3 Å². The number of rotatable bonds is 4. The summed E-state index contributed by atoms with van der Waals surface area (Å²) in [6.45, 7) is 1.18. The number of furan rings is 1. The Morgan fingerprint density at radius 1 is 1.32 bits per heavy atom. The summed E-state index contributed by atoms with van der Waals surface area (Å²) in [4.78, 5) is 36.1. The molecule has 0 bridgehead atoms. The van der Waals surface area contributed by atoms with Crippen molar-refractivity contribution in [2.45, 2.75) is 0 Å². The highest BCUT2D eigenvalue weighted by molar-refractivity contribution is 5.94. The van der Waals surface area contributed by atoms with Crippen LogP contribution in [0.25, 0.3) is 0 Å². The molecule has 1 saturated heterocycles. The van der Waals surface area contributed by atoms with Gasteiger partial charge in [0.1, 0.15) is 12.1 Å². The zero-order valence-corrected chi connectivity index (χ0v) is 13.8. The molecule has 0 aromatic carbocycles. The van der Waals surface area contributed by atoms with Crippen LogP contribution in [0.1, 0.15) is 10.4 Å². The van der Waals surface area contributed by atoms with E-state index in [1.807, 2.05) is 0 Å². The molecule has 1 unspecified atom stereocenters. The van der Waals surface area contributed by atoms with Crippen LogP contribution < -0.4 is 10.2 Å². The normalized spacial score (nSPS) is 17.9. The molecule has 0 aliphatic carbocycles. The topological polar surface area (TPSA) is 112 Å². The largest absolute Gasteiger partial charge is 0.481 e. The third-order valence-electron chi connectivity index (χ3n) is 4.11. The molecule has 2 N–H and O–H groups in total. The number of hydrogen-bond donors (Lipinski definition) is 2. The summed E-state index contributed by atoms with van der Waals surface area (Å²) in [7, 11) is 1.75. The van der Waals surface area contributed by atoms with Gasteiger partial charge < -0.3 is 24.6 Å². The molecule has 1 amide bonds. The minimum atomic E-state index is -0.957. The second-order valence-corrected chi connectivity index (χ2v) is 5.74. The summed E-state index contributed by atoms with van der Waals surface area (Å²) < 4.78 is 4.95. The molecule has 1 aliphatic heterocycles. The molecule has 0 saturated carbocycles. The summed E-state index contributed by atoms with van der Waals surface area (Å²) in [6, 6.07) is 3.30. The monoisotopic (exact) mass is 345 g/mol. The number of carboxylic acid groups (broad SMARTS) is 1. The first-order valence-corrected chi connectivity index (χ1v) is 7.88. The van der Waals surface area contributed by atoms with Gasteiger partial charge in [0, 0.05) is 39.4 Å². The summed E-state index contributed by atoms with van der Waals surface area (Å²) in [5, 5.41) is 12.5. The molecule has 2 aromatic rings. The number of aliphatic carboxylic acids is 1. The number of hydrogen-bond acceptors (Lipinski definition) is 7. The lowest BCUT2D eigenvalue weighted by Gasteiger charge is -2.22. The molecular formula is C16H19N5O4. The van der Waals surface area contributed by atoms with E-state index in [0.717, 1.165) is 0 Å². The number of anilines is 2. The molecule has 9 heteroatoms. The Labute approximate surface area is 144 Å². The van der Waals surface area contributed by atoms with Crippen molar-refractivity contribution in [3.05, 3.63) is 36.4 Å². The van der Waals surface area contributed by atoms with E-state index >= 15 is 0 Å². The summed E-state index contributed by atoms with van der Waals surface area (Å²) >= 11 is 0. The Kier molecular flexibility index (Phi) is 4.82. The quantitative estimate of drug-likeness (QED) is 0.836. The van der Waals surface area contributed by atoms with E-state index < -0.39 is 11.9 Å². The zero-order chi connectivity index (χ0) is 17.8. The number of nitrogens with one attached hydrogen (secondary N) is 1. The van der Waals surface area contributed by atoms with E-state index in [9.17, 15) is 14.7 Å². The van der Waals surface area contributed by atoms with Gasteiger partial charge in [-0.2, -0.15) is 4.98 Å². The predicted octanol–water partition coefficient (Wildman–Crippen LogP) is 0.774. The lowest BCUT2D eigenvalue weighted by atomic mass is 10.1. The lowest BCUT2D eigenvalue weighted by molar-refractivity contribution is -0.141. The van der Waals surface area contributed by atoms with Crippen molar-refractivity contribution in [2.75, 3.05) is 43.4 Å². The third-order valence-corrected chi connectivity index (χ3v) is 4.11. The first-order valence-electron chi connectivity index (χ1n) is 7.88. The highest BCUT2D eigenvalue weighted by atomic mass is 16.4. The molecule has 3 heterocycles. The molecule has 1 fully saturated rings. The van der Waals surface area contributed by atoms with Gasteiger partial charge in [0.15, 0.2) is 0 Å². The van der Waals surface area contributed by atoms with Crippen LogP contribution in [0.2, 0.25) is 0 Å².